The lowest BCUT2D eigenvalue weighted by atomic mass is 9.70. The predicted octanol–water partition coefficient (Wildman–Crippen LogP) is 9.41. The Balaban J connectivity index is 0.904. The molecular formula is C54H66FN7O10S. The van der Waals surface area contributed by atoms with Crippen LogP contribution in [0.2, 0.25) is 0 Å². The largest absolute Gasteiger partial charge is 0.489 e. The summed E-state index contributed by atoms with van der Waals surface area (Å²) in [5, 5.41) is 26.3. The van der Waals surface area contributed by atoms with E-state index in [1.165, 1.54) is 49.6 Å². The second-order valence-corrected chi connectivity index (χ2v) is 23.3. The van der Waals surface area contributed by atoms with Crippen LogP contribution in [-0.4, -0.2) is 110 Å². The summed E-state index contributed by atoms with van der Waals surface area (Å²) in [4.78, 5) is 37.8. The Hall–Kier alpha value is -6.02. The van der Waals surface area contributed by atoms with Crippen LogP contribution in [0.3, 0.4) is 0 Å². The number of carbonyl (C=O) groups is 1. The maximum absolute atomic E-state index is 15.1. The van der Waals surface area contributed by atoms with E-state index in [1.54, 1.807) is 26.0 Å². The fourth-order valence-electron chi connectivity index (χ4n) is 11.9. The van der Waals surface area contributed by atoms with Crippen LogP contribution in [0, 0.1) is 27.3 Å². The number of H-pyrrole nitrogens is 1. The number of rotatable bonds is 15. The van der Waals surface area contributed by atoms with Crippen molar-refractivity contribution >= 4 is 44.0 Å². The minimum absolute atomic E-state index is 0.0261. The van der Waals surface area contributed by atoms with Crippen LogP contribution in [0.25, 0.3) is 11.0 Å². The minimum Gasteiger partial charge on any atom is -0.489 e. The number of nitrogens with one attached hydrogen (secondary N) is 3. The summed E-state index contributed by atoms with van der Waals surface area (Å²) in [5.41, 5.74) is 2.60. The summed E-state index contributed by atoms with van der Waals surface area (Å²) in [6, 6.07) is 17.5. The van der Waals surface area contributed by atoms with Crippen molar-refractivity contribution in [3.8, 4) is 23.1 Å². The van der Waals surface area contributed by atoms with E-state index in [1.807, 2.05) is 0 Å². The van der Waals surface area contributed by atoms with Gasteiger partial charge in [0.15, 0.2) is 17.2 Å². The number of hydrogen-bond acceptors (Lipinski definition) is 14. The number of anilines is 2. The molecule has 3 aromatic carbocycles. The average Bonchev–Trinajstić information content (AvgIpc) is 4.00. The number of piperidine rings is 1. The first-order valence-corrected chi connectivity index (χ1v) is 27.1. The number of ether oxygens (including phenoxy) is 4. The molecular weight excluding hydrogens is 958 g/mol. The smallest absolute Gasteiger partial charge is 0.297 e. The summed E-state index contributed by atoms with van der Waals surface area (Å²) >= 11 is 0. The third-order valence-corrected chi connectivity index (χ3v) is 17.6. The third-order valence-electron chi connectivity index (χ3n) is 16.3. The SMILES string of the molecule is COC(C)COc1nc2[nH]cc(F)c2cc1Oc1cc(N2CCC3(CC2)CN(C2CCC[C@@H]2c2ccccc2C(C)C)C3)ccc1C(=O)NS(=O)(=O)c1cc2c(c([N+](=O)[O-])c1)N[C@@H]([C@H]1CC[C@](C)(O)CC1)CO2. The number of nitro benzene ring substituents is 1. The molecule has 390 valence electrons. The van der Waals surface area contributed by atoms with Crippen molar-refractivity contribution in [1.29, 1.82) is 0 Å². The highest BCUT2D eigenvalue weighted by Gasteiger charge is 2.49. The van der Waals surface area contributed by atoms with Gasteiger partial charge in [0.25, 0.3) is 27.5 Å². The number of sulfonamides is 1. The van der Waals surface area contributed by atoms with E-state index in [0.29, 0.717) is 43.6 Å². The van der Waals surface area contributed by atoms with Gasteiger partial charge >= 0.3 is 0 Å². The number of nitrogens with zero attached hydrogens (tertiary/aromatic N) is 4. The Morgan fingerprint density at radius 2 is 1.78 bits per heavy atom. The van der Waals surface area contributed by atoms with Gasteiger partial charge in [-0.1, -0.05) is 44.5 Å². The van der Waals surface area contributed by atoms with E-state index in [4.69, 9.17) is 18.9 Å². The minimum atomic E-state index is -4.78. The maximum Gasteiger partial charge on any atom is 0.297 e. The second kappa shape index (κ2) is 20.0. The topological polar surface area (TPSA) is 211 Å². The molecule has 5 aromatic rings. The van der Waals surface area contributed by atoms with Crippen LogP contribution >= 0.6 is 0 Å². The summed E-state index contributed by atoms with van der Waals surface area (Å²) in [7, 11) is -3.25. The van der Waals surface area contributed by atoms with Crippen LogP contribution < -0.4 is 29.1 Å². The molecule has 1 amide bonds. The molecule has 0 bridgehead atoms. The molecule has 73 heavy (non-hydrogen) atoms. The molecule has 4 atom stereocenters. The molecule has 1 spiro atoms. The number of benzene rings is 3. The van der Waals surface area contributed by atoms with Crippen LogP contribution in [0.5, 0.6) is 23.1 Å². The Bertz CT molecular complexity index is 2990. The number of halogens is 1. The molecule has 3 aliphatic heterocycles. The van der Waals surface area contributed by atoms with Gasteiger partial charge in [0.1, 0.15) is 30.4 Å². The maximum atomic E-state index is 15.1. The van der Waals surface area contributed by atoms with Crippen LogP contribution in [-0.2, 0) is 14.8 Å². The zero-order valence-corrected chi connectivity index (χ0v) is 42.9. The number of aromatic nitrogens is 2. The van der Waals surface area contributed by atoms with Crippen molar-refractivity contribution in [1.82, 2.24) is 19.6 Å². The second-order valence-electron chi connectivity index (χ2n) is 21.6. The molecule has 2 saturated carbocycles. The molecule has 19 heteroatoms. The predicted molar refractivity (Wildman–Crippen MR) is 274 cm³/mol. The van der Waals surface area contributed by atoms with E-state index in [2.05, 4.69) is 67.9 Å². The van der Waals surface area contributed by atoms with Crippen molar-refractivity contribution in [2.45, 2.75) is 126 Å². The fraction of sp³-hybridized carbons (Fsp3) is 0.519. The monoisotopic (exact) mass is 1020 g/mol. The van der Waals surface area contributed by atoms with E-state index in [9.17, 15) is 28.4 Å². The number of amides is 1. The van der Waals surface area contributed by atoms with Crippen LogP contribution in [0.1, 0.15) is 119 Å². The fourth-order valence-corrected chi connectivity index (χ4v) is 12.9. The van der Waals surface area contributed by atoms with Gasteiger partial charge in [-0.25, -0.2) is 17.5 Å². The summed E-state index contributed by atoms with van der Waals surface area (Å²) < 4.78 is 69.4. The number of hydrogen-bond donors (Lipinski definition) is 4. The lowest BCUT2D eigenvalue weighted by Gasteiger charge is -2.57. The Kier molecular flexibility index (Phi) is 13.8. The average molecular weight is 1020 g/mol. The van der Waals surface area contributed by atoms with Gasteiger partial charge in [0.05, 0.1) is 38.5 Å². The quantitative estimate of drug-likeness (QED) is 0.0569. The van der Waals surface area contributed by atoms with Gasteiger partial charge in [0, 0.05) is 75.5 Å². The Morgan fingerprint density at radius 1 is 1.03 bits per heavy atom. The van der Waals surface area contributed by atoms with Gasteiger partial charge in [-0.3, -0.25) is 19.8 Å². The molecule has 2 aliphatic carbocycles. The zero-order valence-electron chi connectivity index (χ0n) is 42.1. The van der Waals surface area contributed by atoms with Gasteiger partial charge < -0.3 is 39.3 Å². The number of likely N-dealkylation sites (tertiary alicyclic amines) is 1. The lowest BCUT2D eigenvalue weighted by Crippen LogP contribution is -2.63. The van der Waals surface area contributed by atoms with Gasteiger partial charge in [0.2, 0.25) is 0 Å². The van der Waals surface area contributed by atoms with E-state index in [0.717, 1.165) is 63.0 Å². The molecule has 10 rings (SSSR count). The van der Waals surface area contributed by atoms with Crippen LogP contribution in [0.4, 0.5) is 21.5 Å². The van der Waals surface area contributed by atoms with Gasteiger partial charge in [-0.2, -0.15) is 4.98 Å². The van der Waals surface area contributed by atoms with Crippen molar-refractivity contribution in [3.63, 3.8) is 0 Å². The first-order valence-electron chi connectivity index (χ1n) is 25.6. The number of pyridine rings is 1. The van der Waals surface area contributed by atoms with Crippen molar-refractivity contribution in [2.24, 2.45) is 11.3 Å². The summed E-state index contributed by atoms with van der Waals surface area (Å²) in [6.07, 6.45) is 8.87. The molecule has 4 fully saturated rings. The van der Waals surface area contributed by atoms with Crippen LogP contribution in [0.15, 0.2) is 71.8 Å². The first kappa shape index (κ1) is 50.5. The van der Waals surface area contributed by atoms with E-state index in [-0.39, 0.29) is 82.1 Å². The highest BCUT2D eigenvalue weighted by Crippen LogP contribution is 2.50. The molecule has 0 radical (unpaired) electrons. The van der Waals surface area contributed by atoms with Crippen molar-refractivity contribution < 1.29 is 46.6 Å². The number of nitro groups is 1. The van der Waals surface area contributed by atoms with Gasteiger partial charge in [-0.05, 0) is 112 Å². The van der Waals surface area contributed by atoms with Crippen molar-refractivity contribution in [2.75, 3.05) is 56.7 Å². The number of carbonyl (C=O) groups excluding carboxylic acids is 1. The molecule has 4 N–H and O–H groups in total. The number of fused-ring (bicyclic) bond motifs is 2. The molecule has 17 nitrogen and oxygen atoms in total. The molecule has 2 aromatic heterocycles. The molecule has 5 aliphatic rings. The van der Waals surface area contributed by atoms with E-state index < -0.39 is 42.9 Å². The number of methoxy groups -OCH3 is 1. The molecule has 5 heterocycles. The van der Waals surface area contributed by atoms with Crippen molar-refractivity contribution in [3.05, 3.63) is 99.5 Å². The Morgan fingerprint density at radius 3 is 2.51 bits per heavy atom. The number of aliphatic hydroxyl groups is 1. The zero-order chi connectivity index (χ0) is 51.4. The van der Waals surface area contributed by atoms with E-state index >= 15 is 4.39 Å². The third kappa shape index (κ3) is 10.3. The summed E-state index contributed by atoms with van der Waals surface area (Å²) in [5.74, 6) is -0.777. The van der Waals surface area contributed by atoms with Gasteiger partial charge in [-0.15, -0.1) is 0 Å². The lowest BCUT2D eigenvalue weighted by molar-refractivity contribution is -0.384. The number of aromatic amines is 1. The summed E-state index contributed by atoms with van der Waals surface area (Å²) in [6.45, 7) is 11.9. The Labute approximate surface area is 425 Å². The normalized spacial score (nSPS) is 24.4. The standard InChI is InChI=1S/C54H66FN7O10S/c1-32(2)37-9-6-7-10-38(37)39-11-8-12-44(39)61-30-54(31-61)19-21-60(22-20-54)35-13-14-40(46(23-35)72-48-26-41-42(55)27-56-50(41)58-52(48)71-28-33(3)69-5)51(63)59-73(67,68)36-24-45(62(65)66)49-47(25-36)70-29-43(57-49)34-15-17-53(4,64)18-16-34/h6-7,9-10,13-14,23-27,32-34,39,43-44,57,64H,8,11-12,15-22,28-31H2,1-5H3,(H,56,58)(H,59,63)/t33?,34-,39-,43-,44?,53-/m1/s1. The highest BCUT2D eigenvalue weighted by molar-refractivity contribution is 7.90. The first-order chi connectivity index (χ1) is 34.9. The highest BCUT2D eigenvalue weighted by atomic mass is 32.2. The molecule has 2 unspecified atom stereocenters. The molecule has 2 saturated heterocycles.